The molecule has 1 aliphatic rings. The van der Waals surface area contributed by atoms with Crippen molar-refractivity contribution in [1.82, 2.24) is 19.7 Å². The number of carbonyl (C=O) groups excluding carboxylic acids is 1. The lowest BCUT2D eigenvalue weighted by Gasteiger charge is -2.28. The van der Waals surface area contributed by atoms with E-state index in [9.17, 15) is 13.2 Å². The van der Waals surface area contributed by atoms with Gasteiger partial charge in [0.25, 0.3) is 0 Å². The second-order valence-electron chi connectivity index (χ2n) is 9.18. The van der Waals surface area contributed by atoms with Crippen molar-refractivity contribution in [3.05, 3.63) is 46.4 Å². The zero-order valence-electron chi connectivity index (χ0n) is 20.6. The number of unbranched alkanes of at least 4 members (excludes halogenated alkanes) is 1. The summed E-state index contributed by atoms with van der Waals surface area (Å²) in [5, 5.41) is 3.05. The summed E-state index contributed by atoms with van der Waals surface area (Å²) >= 11 is 1.64. The molecule has 0 spiro atoms. The van der Waals surface area contributed by atoms with Gasteiger partial charge in [-0.25, -0.2) is 13.4 Å². The molecule has 9 heteroatoms. The van der Waals surface area contributed by atoms with Crippen molar-refractivity contribution < 1.29 is 13.2 Å². The molecule has 1 unspecified atom stereocenters. The highest BCUT2D eigenvalue weighted by Gasteiger charge is 2.22. The van der Waals surface area contributed by atoms with Crippen molar-refractivity contribution in [1.29, 1.82) is 0 Å². The van der Waals surface area contributed by atoms with Crippen LogP contribution in [0.4, 0.5) is 0 Å². The number of rotatable bonds is 12. The molecule has 3 rings (SSSR count). The van der Waals surface area contributed by atoms with E-state index in [0.29, 0.717) is 17.5 Å². The summed E-state index contributed by atoms with van der Waals surface area (Å²) in [4.78, 5) is 24.2. The fourth-order valence-electron chi connectivity index (χ4n) is 4.52. The fraction of sp³-hybridized carbons (Fsp3) is 0.600. The van der Waals surface area contributed by atoms with Gasteiger partial charge in [-0.3, -0.25) is 9.69 Å². The number of amides is 1. The Morgan fingerprint density at radius 3 is 2.59 bits per heavy atom. The Kier molecular flexibility index (Phi) is 10.1. The van der Waals surface area contributed by atoms with Crippen LogP contribution in [0.3, 0.4) is 0 Å². The highest BCUT2D eigenvalue weighted by molar-refractivity contribution is 7.90. The number of aromatic nitrogens is 1. The van der Waals surface area contributed by atoms with Crippen LogP contribution in [0.25, 0.3) is 0 Å². The molecule has 0 radical (unpaired) electrons. The summed E-state index contributed by atoms with van der Waals surface area (Å²) in [5.41, 5.74) is 1.15. The first-order valence-electron chi connectivity index (χ1n) is 12.2. The van der Waals surface area contributed by atoms with Crippen LogP contribution in [-0.2, 0) is 27.6 Å². The monoisotopic (exact) mass is 506 g/mol. The summed E-state index contributed by atoms with van der Waals surface area (Å²) in [6.45, 7) is 10.2. The topological polar surface area (TPSA) is 73.8 Å². The number of carbonyl (C=O) groups is 1. The van der Waals surface area contributed by atoms with Gasteiger partial charge in [-0.15, -0.1) is 11.3 Å². The highest BCUT2D eigenvalue weighted by Crippen LogP contribution is 2.15. The smallest absolute Gasteiger partial charge is 0.236 e. The second-order valence-corrected chi connectivity index (χ2v) is 12.2. The van der Waals surface area contributed by atoms with Crippen molar-refractivity contribution >= 4 is 27.1 Å². The maximum Gasteiger partial charge on any atom is 0.236 e. The lowest BCUT2D eigenvalue weighted by atomic mass is 10.1. The van der Waals surface area contributed by atoms with E-state index in [1.54, 1.807) is 23.5 Å². The van der Waals surface area contributed by atoms with E-state index < -0.39 is 9.84 Å². The number of hydrogen-bond donors (Lipinski definition) is 0. The van der Waals surface area contributed by atoms with Gasteiger partial charge in [0.1, 0.15) is 5.01 Å². The minimum absolute atomic E-state index is 0.229. The van der Waals surface area contributed by atoms with Crippen LogP contribution in [0.15, 0.2) is 40.7 Å². The molecule has 7 nitrogen and oxygen atoms in total. The van der Waals surface area contributed by atoms with Crippen LogP contribution in [0, 0.1) is 0 Å². The second kappa shape index (κ2) is 12.8. The van der Waals surface area contributed by atoms with Crippen molar-refractivity contribution in [3.8, 4) is 0 Å². The maximum absolute atomic E-state index is 12.8. The number of thiazole rings is 1. The number of sulfone groups is 1. The van der Waals surface area contributed by atoms with E-state index in [1.165, 1.54) is 6.26 Å². The quantitative estimate of drug-likeness (QED) is 0.411. The summed E-state index contributed by atoms with van der Waals surface area (Å²) < 4.78 is 23.3. The molecule has 1 atom stereocenters. The van der Waals surface area contributed by atoms with Crippen LogP contribution in [0.2, 0.25) is 0 Å². The molecule has 34 heavy (non-hydrogen) atoms. The number of likely N-dealkylation sites (N-methyl/N-ethyl adjacent to an activating group) is 1. The van der Waals surface area contributed by atoms with Gasteiger partial charge in [0, 0.05) is 43.5 Å². The van der Waals surface area contributed by atoms with Gasteiger partial charge in [-0.2, -0.15) is 0 Å². The molecule has 1 fully saturated rings. The van der Waals surface area contributed by atoms with Gasteiger partial charge in [0.2, 0.25) is 5.91 Å². The molecule has 0 saturated carbocycles. The third kappa shape index (κ3) is 8.15. The maximum atomic E-state index is 12.8. The van der Waals surface area contributed by atoms with Crippen LogP contribution in [0.5, 0.6) is 0 Å². The van der Waals surface area contributed by atoms with E-state index in [0.717, 1.165) is 75.5 Å². The van der Waals surface area contributed by atoms with E-state index in [4.69, 9.17) is 0 Å². The minimum Gasteiger partial charge on any atom is -0.342 e. The Balaban J connectivity index is 1.40. The first kappa shape index (κ1) is 26.8. The first-order chi connectivity index (χ1) is 16.3. The van der Waals surface area contributed by atoms with Gasteiger partial charge in [-0.05, 0) is 63.4 Å². The number of hydrogen-bond acceptors (Lipinski definition) is 7. The van der Waals surface area contributed by atoms with Crippen LogP contribution in [-0.4, -0.2) is 85.6 Å². The summed E-state index contributed by atoms with van der Waals surface area (Å²) in [7, 11) is -3.16. The molecular formula is C25H38N4O3S2. The van der Waals surface area contributed by atoms with E-state index in [1.807, 2.05) is 28.6 Å². The van der Waals surface area contributed by atoms with Gasteiger partial charge in [-0.1, -0.05) is 19.1 Å². The molecule has 1 saturated heterocycles. The molecule has 0 N–H and O–H groups in total. The lowest BCUT2D eigenvalue weighted by molar-refractivity contribution is -0.131. The predicted octanol–water partition coefficient (Wildman–Crippen LogP) is 3.31. The Morgan fingerprint density at radius 1 is 1.18 bits per heavy atom. The fourth-order valence-corrected chi connectivity index (χ4v) is 5.81. The average Bonchev–Trinajstić information content (AvgIpc) is 3.23. The number of nitrogens with zero attached hydrogens (tertiary/aromatic N) is 4. The van der Waals surface area contributed by atoms with Crippen molar-refractivity contribution in [2.45, 2.75) is 57.0 Å². The van der Waals surface area contributed by atoms with Crippen molar-refractivity contribution in [2.24, 2.45) is 0 Å². The summed E-state index contributed by atoms with van der Waals surface area (Å²) in [6.07, 6.45) is 7.01. The molecule has 1 aromatic heterocycles. The highest BCUT2D eigenvalue weighted by atomic mass is 32.2. The largest absolute Gasteiger partial charge is 0.342 e. The van der Waals surface area contributed by atoms with Gasteiger partial charge < -0.3 is 9.80 Å². The lowest BCUT2D eigenvalue weighted by Crippen LogP contribution is -2.38. The van der Waals surface area contributed by atoms with Crippen LogP contribution in [0.1, 0.15) is 43.7 Å². The molecule has 1 amide bonds. The molecular weight excluding hydrogens is 468 g/mol. The molecule has 2 aromatic rings. The van der Waals surface area contributed by atoms with E-state index in [2.05, 4.69) is 28.6 Å². The molecule has 1 aromatic carbocycles. The van der Waals surface area contributed by atoms with Gasteiger partial charge in [0.15, 0.2) is 9.84 Å². The van der Waals surface area contributed by atoms with E-state index in [-0.39, 0.29) is 5.91 Å². The Bertz CT molecular complexity index is 994. The van der Waals surface area contributed by atoms with Gasteiger partial charge in [0.05, 0.1) is 18.0 Å². The molecule has 0 bridgehead atoms. The molecule has 0 aliphatic carbocycles. The normalized spacial score (nSPS) is 16.7. The zero-order valence-corrected chi connectivity index (χ0v) is 22.3. The molecule has 188 valence electrons. The van der Waals surface area contributed by atoms with Crippen molar-refractivity contribution in [2.75, 3.05) is 45.5 Å². The Morgan fingerprint density at radius 2 is 1.94 bits per heavy atom. The Hall–Kier alpha value is -1.81. The third-order valence-corrected chi connectivity index (χ3v) is 8.38. The third-order valence-electron chi connectivity index (χ3n) is 6.49. The standard InChI is InChI=1S/C25H38N4O3S2/c1-4-28(21(2)18-22-8-10-23(11-9-22)34(3,31)32)14-5-6-15-29-16-7-13-27(20-25(29)30)19-24-26-12-17-33-24/h8-12,17,21H,4-7,13-16,18-20H2,1-3H3. The summed E-state index contributed by atoms with van der Waals surface area (Å²) in [6, 6.07) is 7.61. The number of benzene rings is 1. The van der Waals surface area contributed by atoms with E-state index >= 15 is 0 Å². The van der Waals surface area contributed by atoms with Crippen molar-refractivity contribution in [3.63, 3.8) is 0 Å². The van der Waals surface area contributed by atoms with Gasteiger partial charge >= 0.3 is 0 Å². The molecule has 2 heterocycles. The van der Waals surface area contributed by atoms with Crippen LogP contribution < -0.4 is 0 Å². The SMILES string of the molecule is CCN(CCCCN1CCCN(Cc2nccs2)CC1=O)C(C)Cc1ccc(S(C)(=O)=O)cc1. The summed E-state index contributed by atoms with van der Waals surface area (Å²) in [5.74, 6) is 0.229. The zero-order chi connectivity index (χ0) is 24.6. The van der Waals surface area contributed by atoms with Crippen LogP contribution >= 0.6 is 11.3 Å². The average molecular weight is 507 g/mol. The first-order valence-corrected chi connectivity index (χ1v) is 14.9. The minimum atomic E-state index is -3.16. The Labute approximate surface area is 208 Å². The molecule has 1 aliphatic heterocycles. The predicted molar refractivity (Wildman–Crippen MR) is 138 cm³/mol.